The second-order valence-electron chi connectivity index (χ2n) is 15.7. The van der Waals surface area contributed by atoms with Crippen LogP contribution >= 0.6 is 0 Å². The Hall–Kier alpha value is -2.83. The number of aliphatic hydroxyl groups is 1. The van der Waals surface area contributed by atoms with Crippen molar-refractivity contribution < 1.29 is 43.2 Å². The minimum atomic E-state index is -1.27. The number of aryl methyl sites for hydroxylation is 1. The summed E-state index contributed by atoms with van der Waals surface area (Å²) in [4.78, 5) is 45.7. The SMILES string of the molecule is CCC1OC(=O)/C(C)=C/[C@H](C)[C@@H](O[C@@H]2O[C@H](C)C[C@H](N(C)C)[C@H]2O)[C@](C)(OC)C[C@@H](C)C(=O)[C@@H](C)[C@H]2N(CCCc3ccccc3)C(=O)O[C@]12C. The number of nitrogens with zero attached hydrogens (tertiary/aromatic N) is 2. The summed E-state index contributed by atoms with van der Waals surface area (Å²) in [6, 6.07) is 9.17. The molecule has 2 fully saturated rings. The Morgan fingerprint density at radius 2 is 1.73 bits per heavy atom. The van der Waals surface area contributed by atoms with Gasteiger partial charge in [-0.05, 0) is 79.5 Å². The summed E-state index contributed by atoms with van der Waals surface area (Å²) in [6.45, 7) is 15.2. The van der Waals surface area contributed by atoms with Crippen LogP contribution in [0.4, 0.5) is 4.79 Å². The van der Waals surface area contributed by atoms with E-state index in [4.69, 9.17) is 23.7 Å². The first-order valence-corrected chi connectivity index (χ1v) is 18.6. The molecule has 0 bridgehead atoms. The number of aliphatic hydroxyl groups excluding tert-OH is 1. The lowest BCUT2D eigenvalue weighted by atomic mass is 9.74. The summed E-state index contributed by atoms with van der Waals surface area (Å²) < 4.78 is 31.4. The number of benzene rings is 1. The second kappa shape index (κ2) is 16.9. The van der Waals surface area contributed by atoms with Crippen molar-refractivity contribution in [1.29, 1.82) is 0 Å². The van der Waals surface area contributed by atoms with E-state index < -0.39 is 71.7 Å². The second-order valence-corrected chi connectivity index (χ2v) is 15.7. The van der Waals surface area contributed by atoms with Gasteiger partial charge in [0.2, 0.25) is 0 Å². The number of rotatable bonds is 9. The van der Waals surface area contributed by atoms with Crippen LogP contribution in [0.3, 0.4) is 0 Å². The summed E-state index contributed by atoms with van der Waals surface area (Å²) >= 11 is 0. The monoisotopic (exact) mass is 714 g/mol. The van der Waals surface area contributed by atoms with Crippen LogP contribution in [0, 0.1) is 17.8 Å². The lowest BCUT2D eigenvalue weighted by molar-refractivity contribution is -0.294. The topological polar surface area (TPSA) is 124 Å². The van der Waals surface area contributed by atoms with E-state index in [1.54, 1.807) is 31.9 Å². The number of Topliss-reactive ketones (excluding diaryl/α,β-unsaturated/α-hetero) is 1. The van der Waals surface area contributed by atoms with Crippen LogP contribution in [0.25, 0.3) is 0 Å². The number of carbonyl (C=O) groups excluding carboxylic acids is 3. The average molecular weight is 715 g/mol. The maximum atomic E-state index is 14.6. The van der Waals surface area contributed by atoms with Crippen molar-refractivity contribution in [3.63, 3.8) is 0 Å². The maximum Gasteiger partial charge on any atom is 0.410 e. The van der Waals surface area contributed by atoms with Crippen LogP contribution < -0.4 is 0 Å². The van der Waals surface area contributed by atoms with Gasteiger partial charge in [-0.25, -0.2) is 9.59 Å². The van der Waals surface area contributed by atoms with Gasteiger partial charge in [0.25, 0.3) is 0 Å². The quantitative estimate of drug-likeness (QED) is 0.325. The zero-order chi connectivity index (χ0) is 37.8. The molecule has 1 unspecified atom stereocenters. The molecule has 11 heteroatoms. The number of ketones is 1. The summed E-state index contributed by atoms with van der Waals surface area (Å²) in [5, 5.41) is 11.4. The lowest BCUT2D eigenvalue weighted by Crippen LogP contribution is -2.59. The molecule has 0 aliphatic carbocycles. The maximum absolute atomic E-state index is 14.6. The molecular weight excluding hydrogens is 652 g/mol. The molecule has 51 heavy (non-hydrogen) atoms. The molecule has 0 aromatic heterocycles. The zero-order valence-corrected chi connectivity index (χ0v) is 32.6. The molecule has 3 heterocycles. The Morgan fingerprint density at radius 1 is 1.06 bits per heavy atom. The molecule has 0 radical (unpaired) electrons. The minimum Gasteiger partial charge on any atom is -0.455 e. The molecular formula is C40H62N2O9. The fourth-order valence-electron chi connectivity index (χ4n) is 8.71. The van der Waals surface area contributed by atoms with Gasteiger partial charge < -0.3 is 38.6 Å². The van der Waals surface area contributed by atoms with Gasteiger partial charge in [0.1, 0.15) is 18.0 Å². The summed E-state index contributed by atoms with van der Waals surface area (Å²) in [5.74, 6) is -2.22. The number of esters is 1. The number of hydrogen-bond donors (Lipinski definition) is 1. The molecule has 2 saturated heterocycles. The molecule has 286 valence electrons. The van der Waals surface area contributed by atoms with Crippen molar-refractivity contribution >= 4 is 17.8 Å². The number of cyclic esters (lactones) is 1. The first-order chi connectivity index (χ1) is 24.0. The van der Waals surface area contributed by atoms with Crippen LogP contribution in [0.1, 0.15) is 86.6 Å². The van der Waals surface area contributed by atoms with Crippen molar-refractivity contribution in [3.05, 3.63) is 47.5 Å². The largest absolute Gasteiger partial charge is 0.455 e. The predicted molar refractivity (Wildman–Crippen MR) is 194 cm³/mol. The van der Waals surface area contributed by atoms with Crippen molar-refractivity contribution in [1.82, 2.24) is 9.80 Å². The molecule has 3 aliphatic heterocycles. The third-order valence-electron chi connectivity index (χ3n) is 11.5. The highest BCUT2D eigenvalue weighted by Crippen LogP contribution is 2.43. The van der Waals surface area contributed by atoms with E-state index in [0.717, 1.165) is 12.0 Å². The molecule has 4 rings (SSSR count). The van der Waals surface area contributed by atoms with Gasteiger partial charge in [-0.2, -0.15) is 0 Å². The Morgan fingerprint density at radius 3 is 2.33 bits per heavy atom. The van der Waals surface area contributed by atoms with E-state index in [1.165, 1.54) is 0 Å². The molecule has 3 aliphatic rings. The van der Waals surface area contributed by atoms with E-state index in [0.29, 0.717) is 31.4 Å². The van der Waals surface area contributed by atoms with Gasteiger partial charge >= 0.3 is 12.1 Å². The third-order valence-corrected chi connectivity index (χ3v) is 11.5. The van der Waals surface area contributed by atoms with Crippen LogP contribution in [0.15, 0.2) is 42.0 Å². The zero-order valence-electron chi connectivity index (χ0n) is 32.6. The molecule has 1 N–H and O–H groups in total. The van der Waals surface area contributed by atoms with E-state index >= 15 is 0 Å². The first-order valence-electron chi connectivity index (χ1n) is 18.6. The number of hydrogen-bond acceptors (Lipinski definition) is 10. The van der Waals surface area contributed by atoms with E-state index in [1.807, 2.05) is 78.7 Å². The van der Waals surface area contributed by atoms with Crippen LogP contribution in [0.2, 0.25) is 0 Å². The molecule has 11 nitrogen and oxygen atoms in total. The highest BCUT2D eigenvalue weighted by molar-refractivity contribution is 5.88. The van der Waals surface area contributed by atoms with E-state index in [9.17, 15) is 19.5 Å². The minimum absolute atomic E-state index is 0.0625. The van der Waals surface area contributed by atoms with Crippen molar-refractivity contribution in [2.75, 3.05) is 27.7 Å². The number of fused-ring (bicyclic) bond motifs is 1. The summed E-state index contributed by atoms with van der Waals surface area (Å²) in [6.07, 6.45) is 0.353. The van der Waals surface area contributed by atoms with Gasteiger partial charge in [0, 0.05) is 43.0 Å². The smallest absolute Gasteiger partial charge is 0.410 e. The van der Waals surface area contributed by atoms with Gasteiger partial charge in [0.15, 0.2) is 11.9 Å². The Balaban J connectivity index is 1.73. The van der Waals surface area contributed by atoms with Gasteiger partial charge in [-0.1, -0.05) is 64.1 Å². The normalized spacial score (nSPS) is 39.5. The molecule has 1 amide bonds. The molecule has 12 atom stereocenters. The van der Waals surface area contributed by atoms with Gasteiger partial charge in [0.05, 0.1) is 23.9 Å². The average Bonchev–Trinajstić information content (AvgIpc) is 3.35. The molecule has 1 aromatic carbocycles. The van der Waals surface area contributed by atoms with Crippen molar-refractivity contribution in [3.8, 4) is 0 Å². The highest BCUT2D eigenvalue weighted by atomic mass is 16.7. The molecule has 0 spiro atoms. The van der Waals surface area contributed by atoms with Crippen molar-refractivity contribution in [2.45, 2.75) is 141 Å². The van der Waals surface area contributed by atoms with Crippen molar-refractivity contribution in [2.24, 2.45) is 17.8 Å². The Labute approximate surface area is 304 Å². The number of carbonyl (C=O) groups is 3. The van der Waals surface area contributed by atoms with E-state index in [2.05, 4.69) is 12.1 Å². The number of likely N-dealkylation sites (N-methyl/N-ethyl adjacent to an activating group) is 1. The van der Waals surface area contributed by atoms with Crippen LogP contribution in [0.5, 0.6) is 0 Å². The fourth-order valence-corrected chi connectivity index (χ4v) is 8.71. The third kappa shape index (κ3) is 8.87. The Kier molecular flexibility index (Phi) is 13.6. The Bertz CT molecular complexity index is 1390. The number of amides is 1. The predicted octanol–water partition coefficient (Wildman–Crippen LogP) is 5.56. The van der Waals surface area contributed by atoms with Gasteiger partial charge in [-0.15, -0.1) is 0 Å². The summed E-state index contributed by atoms with van der Waals surface area (Å²) in [5.41, 5.74) is -0.815. The summed E-state index contributed by atoms with van der Waals surface area (Å²) in [7, 11) is 5.42. The highest BCUT2D eigenvalue weighted by Gasteiger charge is 2.59. The van der Waals surface area contributed by atoms with Gasteiger partial charge in [-0.3, -0.25) is 4.79 Å². The molecule has 1 aromatic rings. The number of ether oxygens (including phenoxy) is 5. The standard InChI is InChI=1S/C40H62N2O9/c1-12-31-40(8)34(42(38(46)51-40)20-16-19-29-17-14-13-15-18-29)28(6)32(43)26(4)23-39(7,47-11)35(24(2)21-25(3)36(45)49-31)50-37-33(44)30(41(9)10)22-27(5)48-37/h13-15,17-18,21,24,26-28,30-31,33-35,37,44H,12,16,19-20,22-23H2,1-11H3/b25-21+/t24-,26+,27+,28+,30-,31?,33+,34+,35+,37-,39+,40+/m0/s1. The van der Waals surface area contributed by atoms with Crippen LogP contribution in [-0.2, 0) is 39.7 Å². The fraction of sp³-hybridized carbons (Fsp3) is 0.725. The first kappa shape index (κ1) is 40.9. The van der Waals surface area contributed by atoms with Crippen LogP contribution in [-0.4, -0.2) is 114 Å². The number of methoxy groups -OCH3 is 1. The van der Waals surface area contributed by atoms with E-state index in [-0.39, 0.29) is 24.3 Å². The lowest BCUT2D eigenvalue weighted by Gasteiger charge is -2.47. The molecule has 0 saturated carbocycles.